The summed E-state index contributed by atoms with van der Waals surface area (Å²) in [5.41, 5.74) is 1.67. The van der Waals surface area contributed by atoms with Gasteiger partial charge in [0.15, 0.2) is 0 Å². The molecule has 1 unspecified atom stereocenters. The third-order valence-corrected chi connectivity index (χ3v) is 6.69. The Morgan fingerprint density at radius 3 is 2.54 bits per heavy atom. The van der Waals surface area contributed by atoms with Gasteiger partial charge in [0.2, 0.25) is 0 Å². The van der Waals surface area contributed by atoms with Gasteiger partial charge in [-0.1, -0.05) is 6.07 Å². The topological polar surface area (TPSA) is 133 Å². The molecule has 1 aromatic heterocycles. The molecule has 0 saturated carbocycles. The number of morpholine rings is 1. The summed E-state index contributed by atoms with van der Waals surface area (Å²) in [5.74, 6) is -0.912. The van der Waals surface area contributed by atoms with Gasteiger partial charge < -0.3 is 25.2 Å². The fourth-order valence-electron chi connectivity index (χ4n) is 4.55. The summed E-state index contributed by atoms with van der Waals surface area (Å²) in [6.45, 7) is 3.15. The molecule has 1 saturated heterocycles. The third-order valence-electron chi connectivity index (χ3n) is 6.69. The van der Waals surface area contributed by atoms with Crippen molar-refractivity contribution in [2.75, 3.05) is 69.0 Å². The Morgan fingerprint density at radius 2 is 1.85 bits per heavy atom. The number of rotatable bonds is 11. The van der Waals surface area contributed by atoms with Crippen LogP contribution < -0.4 is 20.4 Å². The van der Waals surface area contributed by atoms with Crippen molar-refractivity contribution in [2.45, 2.75) is 12.6 Å². The minimum atomic E-state index is -0.625. The van der Waals surface area contributed by atoms with Gasteiger partial charge in [0.05, 0.1) is 11.5 Å². The molecule has 2 aromatic carbocycles. The Morgan fingerprint density at radius 1 is 1.07 bits per heavy atom. The number of ether oxygens (including phenoxy) is 1. The number of amides is 2. The van der Waals surface area contributed by atoms with Crippen molar-refractivity contribution in [3.63, 3.8) is 0 Å². The number of nitrogens with zero attached hydrogens (tertiary/aromatic N) is 5. The van der Waals surface area contributed by atoms with Gasteiger partial charge in [0.1, 0.15) is 11.8 Å². The highest BCUT2D eigenvalue weighted by molar-refractivity contribution is 6.09. The van der Waals surface area contributed by atoms with Crippen LogP contribution >= 0.6 is 0 Å². The summed E-state index contributed by atoms with van der Waals surface area (Å²) in [5, 5.41) is 17.8. The maximum atomic E-state index is 13.6. The lowest BCUT2D eigenvalue weighted by Gasteiger charge is -2.34. The first-order chi connectivity index (χ1) is 19.7. The number of hydrogen-bond donors (Lipinski definition) is 2. The van der Waals surface area contributed by atoms with Crippen LogP contribution in [0, 0.1) is 10.1 Å². The van der Waals surface area contributed by atoms with E-state index in [0.717, 1.165) is 19.5 Å². The van der Waals surface area contributed by atoms with E-state index in [1.165, 1.54) is 17.0 Å². The lowest BCUT2D eigenvalue weighted by molar-refractivity contribution is -0.385. The second-order valence-electron chi connectivity index (χ2n) is 9.98. The maximum absolute atomic E-state index is 13.6. The molecule has 1 fully saturated rings. The largest absolute Gasteiger partial charge is 0.375 e. The van der Waals surface area contributed by atoms with Gasteiger partial charge >= 0.3 is 0 Å². The number of nitro benzene ring substituents is 1. The normalized spacial score (nSPS) is 14.9. The summed E-state index contributed by atoms with van der Waals surface area (Å²) in [6, 6.07) is 14.6. The predicted molar refractivity (Wildman–Crippen MR) is 158 cm³/mol. The summed E-state index contributed by atoms with van der Waals surface area (Å²) in [6.07, 6.45) is 3.41. The number of nitro groups is 1. The fourth-order valence-corrected chi connectivity index (χ4v) is 4.55. The average Bonchev–Trinajstić information content (AvgIpc) is 2.98. The molecule has 12 heteroatoms. The fraction of sp³-hybridized carbons (Fsp3) is 0.345. The molecule has 3 aromatic rings. The van der Waals surface area contributed by atoms with E-state index < -0.39 is 17.1 Å². The van der Waals surface area contributed by atoms with E-state index in [-0.39, 0.29) is 17.2 Å². The smallest absolute Gasteiger partial charge is 0.282 e. The van der Waals surface area contributed by atoms with Crippen LogP contribution in [0.5, 0.6) is 0 Å². The molecule has 0 bridgehead atoms. The van der Waals surface area contributed by atoms with Crippen LogP contribution in [0.2, 0.25) is 0 Å². The second-order valence-corrected chi connectivity index (χ2v) is 9.98. The molecule has 1 aliphatic rings. The van der Waals surface area contributed by atoms with Crippen LogP contribution in [0.4, 0.5) is 22.7 Å². The zero-order valence-electron chi connectivity index (χ0n) is 23.4. The first-order valence-corrected chi connectivity index (χ1v) is 13.4. The van der Waals surface area contributed by atoms with Crippen LogP contribution in [-0.4, -0.2) is 86.8 Å². The van der Waals surface area contributed by atoms with E-state index in [1.807, 2.05) is 26.0 Å². The summed E-state index contributed by atoms with van der Waals surface area (Å²) in [4.78, 5) is 47.7. The molecule has 0 radical (unpaired) electrons. The zero-order chi connectivity index (χ0) is 29.4. The quantitative estimate of drug-likeness (QED) is 0.267. The lowest BCUT2D eigenvalue weighted by Crippen LogP contribution is -2.52. The number of carbonyl (C=O) groups is 2. The Hall–Kier alpha value is -4.39. The van der Waals surface area contributed by atoms with Crippen molar-refractivity contribution in [1.82, 2.24) is 15.2 Å². The van der Waals surface area contributed by atoms with E-state index in [0.29, 0.717) is 42.3 Å². The van der Waals surface area contributed by atoms with Crippen LogP contribution in [0.3, 0.4) is 0 Å². The molecule has 12 nitrogen and oxygen atoms in total. The maximum Gasteiger partial charge on any atom is 0.282 e. The third kappa shape index (κ3) is 7.63. The molecular formula is C29H35N7O5. The van der Waals surface area contributed by atoms with Gasteiger partial charge in [-0.3, -0.25) is 29.6 Å². The standard InChI is InChI=1S/C29H35N7O5/c1-33(2)15-5-16-34(3)23-8-9-26(36(39)40)25(19-23)28(37)32-22-6-4-7-24(18-22)35(27-20-31-14-17-41-27)29(38)21-10-12-30-13-11-21/h4,6-13,18-19,27,31H,5,14-17,20H2,1-3H3,(H,32,37). The van der Waals surface area contributed by atoms with E-state index >= 15 is 0 Å². The number of aromatic nitrogens is 1. The molecule has 0 spiro atoms. The Bertz CT molecular complexity index is 1360. The molecule has 2 amide bonds. The molecule has 1 aliphatic heterocycles. The second kappa shape index (κ2) is 13.8. The number of hydrogen-bond acceptors (Lipinski definition) is 9. The van der Waals surface area contributed by atoms with Gasteiger partial charge in [-0.25, -0.2) is 0 Å². The highest BCUT2D eigenvalue weighted by Gasteiger charge is 2.29. The number of pyridine rings is 1. The predicted octanol–water partition coefficient (Wildman–Crippen LogP) is 3.22. The Balaban J connectivity index is 1.60. The van der Waals surface area contributed by atoms with Crippen molar-refractivity contribution in [3.8, 4) is 0 Å². The molecule has 1 atom stereocenters. The highest BCUT2D eigenvalue weighted by Crippen LogP contribution is 2.28. The molecule has 216 valence electrons. The summed E-state index contributed by atoms with van der Waals surface area (Å²) < 4.78 is 5.90. The molecule has 2 heterocycles. The van der Waals surface area contributed by atoms with Gasteiger partial charge in [-0.2, -0.15) is 0 Å². The Labute approximate surface area is 239 Å². The molecular weight excluding hydrogens is 526 g/mol. The number of carbonyl (C=O) groups excluding carboxylic acids is 2. The number of nitrogens with one attached hydrogen (secondary N) is 2. The van der Waals surface area contributed by atoms with Crippen molar-refractivity contribution in [3.05, 3.63) is 88.2 Å². The van der Waals surface area contributed by atoms with Gasteiger partial charge in [-0.15, -0.1) is 0 Å². The van der Waals surface area contributed by atoms with Crippen molar-refractivity contribution < 1.29 is 19.2 Å². The van der Waals surface area contributed by atoms with E-state index in [1.54, 1.807) is 54.9 Å². The van der Waals surface area contributed by atoms with Crippen LogP contribution in [0.25, 0.3) is 0 Å². The Kier molecular flexibility index (Phi) is 9.95. The summed E-state index contributed by atoms with van der Waals surface area (Å²) >= 11 is 0. The number of benzene rings is 2. The minimum Gasteiger partial charge on any atom is -0.375 e. The average molecular weight is 562 g/mol. The van der Waals surface area contributed by atoms with Crippen LogP contribution in [-0.2, 0) is 4.74 Å². The zero-order valence-corrected chi connectivity index (χ0v) is 23.4. The molecule has 2 N–H and O–H groups in total. The van der Waals surface area contributed by atoms with E-state index in [9.17, 15) is 19.7 Å². The van der Waals surface area contributed by atoms with Gasteiger partial charge in [0, 0.05) is 67.8 Å². The SMILES string of the molecule is CN(C)CCCN(C)c1ccc([N+](=O)[O-])c(C(=O)Nc2cccc(N(C(=O)c3ccncc3)C3CNCCO3)c2)c1. The number of anilines is 3. The van der Waals surface area contributed by atoms with Crippen LogP contribution in [0.15, 0.2) is 67.0 Å². The monoisotopic (exact) mass is 561 g/mol. The molecule has 0 aliphatic carbocycles. The van der Waals surface area contributed by atoms with Gasteiger partial charge in [-0.05, 0) is 69.5 Å². The van der Waals surface area contributed by atoms with Gasteiger partial charge in [0.25, 0.3) is 17.5 Å². The van der Waals surface area contributed by atoms with Crippen LogP contribution in [0.1, 0.15) is 27.1 Å². The molecule has 41 heavy (non-hydrogen) atoms. The minimum absolute atomic E-state index is 0.0538. The van der Waals surface area contributed by atoms with Crippen molar-refractivity contribution in [1.29, 1.82) is 0 Å². The summed E-state index contributed by atoms with van der Waals surface area (Å²) in [7, 11) is 5.88. The highest BCUT2D eigenvalue weighted by atomic mass is 16.6. The van der Waals surface area contributed by atoms with E-state index in [2.05, 4.69) is 20.5 Å². The van der Waals surface area contributed by atoms with Crippen molar-refractivity contribution in [2.24, 2.45) is 0 Å². The first kappa shape index (κ1) is 29.6. The molecule has 4 rings (SSSR count). The van der Waals surface area contributed by atoms with E-state index in [4.69, 9.17) is 4.74 Å². The first-order valence-electron chi connectivity index (χ1n) is 13.4. The lowest BCUT2D eigenvalue weighted by atomic mass is 10.1. The van der Waals surface area contributed by atoms with Crippen molar-refractivity contribution >= 4 is 34.6 Å².